The summed E-state index contributed by atoms with van der Waals surface area (Å²) in [4.78, 5) is 32.0. The Bertz CT molecular complexity index is 280. The minimum Gasteiger partial charge on any atom is -0.481 e. The summed E-state index contributed by atoms with van der Waals surface area (Å²) in [5.74, 6) is -3.34. The first-order valence-electron chi connectivity index (χ1n) is 4.50. The van der Waals surface area contributed by atoms with Crippen LogP contribution in [-0.2, 0) is 14.4 Å². The van der Waals surface area contributed by atoms with Gasteiger partial charge in [0.15, 0.2) is 0 Å². The Morgan fingerprint density at radius 3 is 2.19 bits per heavy atom. The van der Waals surface area contributed by atoms with E-state index in [1.54, 1.807) is 0 Å². The van der Waals surface area contributed by atoms with Crippen molar-refractivity contribution in [2.45, 2.75) is 24.9 Å². The highest BCUT2D eigenvalue weighted by molar-refractivity contribution is 5.87. The molecule has 0 aliphatic carbocycles. The molecule has 0 aliphatic rings. The molecule has 0 heterocycles. The van der Waals surface area contributed by atoms with E-state index < -0.39 is 36.5 Å². The van der Waals surface area contributed by atoms with Crippen LogP contribution in [0.2, 0.25) is 0 Å². The summed E-state index contributed by atoms with van der Waals surface area (Å²) in [6, 6.07) is -2.53. The van der Waals surface area contributed by atoms with Crippen LogP contribution in [0.5, 0.6) is 0 Å². The number of carboxylic acid groups (broad SMARTS) is 2. The lowest BCUT2D eigenvalue weighted by atomic mass is 10.1. The van der Waals surface area contributed by atoms with Gasteiger partial charge in [0.2, 0.25) is 5.91 Å². The highest BCUT2D eigenvalue weighted by Crippen LogP contribution is 1.98. The number of carboxylic acids is 2. The van der Waals surface area contributed by atoms with E-state index >= 15 is 0 Å². The number of amides is 1. The molecule has 0 aliphatic heterocycles. The third kappa shape index (κ3) is 5.27. The molecule has 0 spiro atoms. The lowest BCUT2D eigenvalue weighted by Gasteiger charge is -2.15. The largest absolute Gasteiger partial charge is 0.481 e. The number of aliphatic hydroxyl groups excluding tert-OH is 1. The topological polar surface area (TPSA) is 150 Å². The SMILES string of the molecule is N[C@@H](CO)C(=O)N[C@@H](CCC(=O)O)C(=O)O. The molecule has 16 heavy (non-hydrogen) atoms. The average molecular weight is 234 g/mol. The Hall–Kier alpha value is -1.67. The van der Waals surface area contributed by atoms with Gasteiger partial charge in [0.05, 0.1) is 6.61 Å². The molecule has 1 amide bonds. The van der Waals surface area contributed by atoms with E-state index in [9.17, 15) is 14.4 Å². The number of hydrogen-bond donors (Lipinski definition) is 5. The average Bonchev–Trinajstić information content (AvgIpc) is 2.21. The number of carbonyl (C=O) groups is 3. The second kappa shape index (κ2) is 6.75. The van der Waals surface area contributed by atoms with Crippen LogP contribution in [0.25, 0.3) is 0 Å². The molecule has 0 radical (unpaired) electrons. The Labute approximate surface area is 91.1 Å². The van der Waals surface area contributed by atoms with Crippen molar-refractivity contribution in [2.75, 3.05) is 6.61 Å². The fourth-order valence-electron chi connectivity index (χ4n) is 0.887. The van der Waals surface area contributed by atoms with Gasteiger partial charge in [-0.25, -0.2) is 4.79 Å². The van der Waals surface area contributed by atoms with Crippen molar-refractivity contribution in [1.29, 1.82) is 0 Å². The maximum Gasteiger partial charge on any atom is 0.326 e. The van der Waals surface area contributed by atoms with Crippen molar-refractivity contribution in [2.24, 2.45) is 5.73 Å². The summed E-state index contributed by atoms with van der Waals surface area (Å²) in [6.45, 7) is -0.614. The van der Waals surface area contributed by atoms with Crippen LogP contribution < -0.4 is 11.1 Å². The fraction of sp³-hybridized carbons (Fsp3) is 0.625. The van der Waals surface area contributed by atoms with Crippen molar-refractivity contribution in [3.05, 3.63) is 0 Å². The van der Waals surface area contributed by atoms with E-state index in [2.05, 4.69) is 0 Å². The first kappa shape index (κ1) is 14.3. The van der Waals surface area contributed by atoms with Gasteiger partial charge in [-0.05, 0) is 6.42 Å². The molecule has 0 bridgehead atoms. The third-order valence-electron chi connectivity index (χ3n) is 1.79. The van der Waals surface area contributed by atoms with E-state index in [1.165, 1.54) is 0 Å². The molecule has 8 nitrogen and oxygen atoms in total. The second-order valence-electron chi connectivity index (χ2n) is 3.12. The molecule has 0 fully saturated rings. The molecule has 8 heteroatoms. The number of nitrogens with one attached hydrogen (secondary N) is 1. The molecule has 0 saturated carbocycles. The number of aliphatic carboxylic acids is 2. The van der Waals surface area contributed by atoms with Crippen molar-refractivity contribution in [1.82, 2.24) is 5.32 Å². The van der Waals surface area contributed by atoms with Gasteiger partial charge < -0.3 is 26.4 Å². The summed E-state index contributed by atoms with van der Waals surface area (Å²) in [5.41, 5.74) is 5.15. The van der Waals surface area contributed by atoms with Crippen molar-refractivity contribution >= 4 is 17.8 Å². The predicted octanol–water partition coefficient (Wildman–Crippen LogP) is -2.26. The van der Waals surface area contributed by atoms with Gasteiger partial charge >= 0.3 is 11.9 Å². The summed E-state index contributed by atoms with van der Waals surface area (Å²) >= 11 is 0. The van der Waals surface area contributed by atoms with Crippen LogP contribution in [0.1, 0.15) is 12.8 Å². The van der Waals surface area contributed by atoms with Crippen LogP contribution in [0.3, 0.4) is 0 Å². The number of rotatable bonds is 7. The molecular formula is C8H14N2O6. The summed E-state index contributed by atoms with van der Waals surface area (Å²) in [5, 5.41) is 27.6. The lowest BCUT2D eigenvalue weighted by molar-refractivity contribution is -0.143. The van der Waals surface area contributed by atoms with Crippen LogP contribution in [-0.4, -0.2) is 51.9 Å². The fourth-order valence-corrected chi connectivity index (χ4v) is 0.887. The monoisotopic (exact) mass is 234 g/mol. The first-order valence-corrected chi connectivity index (χ1v) is 4.50. The number of aliphatic hydroxyl groups is 1. The minimum absolute atomic E-state index is 0.242. The van der Waals surface area contributed by atoms with Crippen molar-refractivity contribution in [3.8, 4) is 0 Å². The minimum atomic E-state index is -1.35. The number of nitrogens with two attached hydrogens (primary N) is 1. The Morgan fingerprint density at radius 1 is 1.25 bits per heavy atom. The Kier molecular flexibility index (Phi) is 6.04. The van der Waals surface area contributed by atoms with Crippen molar-refractivity contribution < 1.29 is 29.7 Å². The first-order chi connectivity index (χ1) is 7.38. The van der Waals surface area contributed by atoms with Gasteiger partial charge in [0.1, 0.15) is 12.1 Å². The predicted molar refractivity (Wildman–Crippen MR) is 51.5 cm³/mol. The third-order valence-corrected chi connectivity index (χ3v) is 1.79. The van der Waals surface area contributed by atoms with E-state index in [4.69, 9.17) is 21.1 Å². The van der Waals surface area contributed by atoms with Crippen LogP contribution >= 0.6 is 0 Å². The molecule has 0 rings (SSSR count). The molecule has 6 N–H and O–H groups in total. The van der Waals surface area contributed by atoms with E-state index in [0.29, 0.717) is 0 Å². The zero-order valence-electron chi connectivity index (χ0n) is 8.42. The maximum atomic E-state index is 11.1. The molecule has 2 atom stereocenters. The Balaban J connectivity index is 4.28. The van der Waals surface area contributed by atoms with Gasteiger partial charge in [-0.2, -0.15) is 0 Å². The normalized spacial score (nSPS) is 13.9. The zero-order valence-corrected chi connectivity index (χ0v) is 8.42. The summed E-state index contributed by atoms with van der Waals surface area (Å²) in [7, 11) is 0. The molecule has 0 aromatic heterocycles. The summed E-state index contributed by atoms with van der Waals surface area (Å²) in [6.07, 6.45) is -0.625. The highest BCUT2D eigenvalue weighted by atomic mass is 16.4. The van der Waals surface area contributed by atoms with Crippen LogP contribution in [0.15, 0.2) is 0 Å². The molecule has 0 aromatic rings. The van der Waals surface area contributed by atoms with Gasteiger partial charge in [0.25, 0.3) is 0 Å². The molecular weight excluding hydrogens is 220 g/mol. The van der Waals surface area contributed by atoms with Crippen molar-refractivity contribution in [3.63, 3.8) is 0 Å². The standard InChI is InChI=1S/C8H14N2O6/c9-4(3-11)7(14)10-5(8(15)16)1-2-6(12)13/h4-5,11H,1-3,9H2,(H,10,14)(H,12,13)(H,15,16)/t4-,5-/m0/s1. The van der Waals surface area contributed by atoms with E-state index in [1.807, 2.05) is 5.32 Å². The number of hydrogen-bond acceptors (Lipinski definition) is 5. The highest BCUT2D eigenvalue weighted by Gasteiger charge is 2.23. The zero-order chi connectivity index (χ0) is 12.7. The Morgan fingerprint density at radius 2 is 1.81 bits per heavy atom. The number of carbonyl (C=O) groups excluding carboxylic acids is 1. The van der Waals surface area contributed by atoms with Gasteiger partial charge in [-0.1, -0.05) is 0 Å². The molecule has 0 unspecified atom stereocenters. The van der Waals surface area contributed by atoms with Gasteiger partial charge in [0, 0.05) is 6.42 Å². The van der Waals surface area contributed by atoms with E-state index in [0.717, 1.165) is 0 Å². The van der Waals surface area contributed by atoms with E-state index in [-0.39, 0.29) is 12.8 Å². The quantitative estimate of drug-likeness (QED) is 0.333. The molecule has 0 aromatic carbocycles. The lowest BCUT2D eigenvalue weighted by Crippen LogP contribution is -2.49. The van der Waals surface area contributed by atoms with Crippen LogP contribution in [0, 0.1) is 0 Å². The van der Waals surface area contributed by atoms with Crippen LogP contribution in [0.4, 0.5) is 0 Å². The second-order valence-corrected chi connectivity index (χ2v) is 3.12. The molecule has 0 saturated heterocycles. The van der Waals surface area contributed by atoms with Gasteiger partial charge in [-0.3, -0.25) is 9.59 Å². The summed E-state index contributed by atoms with van der Waals surface area (Å²) < 4.78 is 0. The molecule has 92 valence electrons. The smallest absolute Gasteiger partial charge is 0.326 e. The maximum absolute atomic E-state index is 11.1. The van der Waals surface area contributed by atoms with Gasteiger partial charge in [-0.15, -0.1) is 0 Å².